The molecule has 2 aliphatic heterocycles. The van der Waals surface area contributed by atoms with E-state index in [2.05, 4.69) is 41.8 Å². The molecule has 152 valence electrons. The summed E-state index contributed by atoms with van der Waals surface area (Å²) in [5.74, 6) is 1.88. The van der Waals surface area contributed by atoms with Crippen LogP contribution in [0.2, 0.25) is 0 Å². The molecule has 2 heterocycles. The van der Waals surface area contributed by atoms with Crippen LogP contribution in [0.4, 0.5) is 0 Å². The van der Waals surface area contributed by atoms with Gasteiger partial charge in [0.2, 0.25) is 0 Å². The molecule has 0 amide bonds. The quantitative estimate of drug-likeness (QED) is 0.580. The normalized spacial score (nSPS) is 20.1. The summed E-state index contributed by atoms with van der Waals surface area (Å²) in [4.78, 5) is 5.26. The van der Waals surface area contributed by atoms with Crippen molar-refractivity contribution in [1.29, 1.82) is 0 Å². The number of rotatable bonds is 9. The molecule has 0 saturated carbocycles. The topological polar surface area (TPSA) is 15.7 Å². The van der Waals surface area contributed by atoms with Crippen LogP contribution in [0.5, 0.6) is 5.75 Å². The summed E-state index contributed by atoms with van der Waals surface area (Å²) in [6, 6.07) is 6.82. The van der Waals surface area contributed by atoms with Gasteiger partial charge in [0.15, 0.2) is 0 Å². The zero-order valence-corrected chi connectivity index (χ0v) is 17.7. The van der Waals surface area contributed by atoms with Crippen LogP contribution in [-0.2, 0) is 12.8 Å². The second-order valence-corrected chi connectivity index (χ2v) is 8.73. The average Bonchev–Trinajstić information content (AvgIpc) is 2.88. The van der Waals surface area contributed by atoms with E-state index in [4.69, 9.17) is 4.74 Å². The maximum atomic E-state index is 6.09. The Balaban J connectivity index is 1.43. The van der Waals surface area contributed by atoms with E-state index in [1.807, 2.05) is 0 Å². The fourth-order valence-electron chi connectivity index (χ4n) is 4.71. The van der Waals surface area contributed by atoms with Crippen LogP contribution in [0.1, 0.15) is 63.5 Å². The maximum Gasteiger partial charge on any atom is 0.119 e. The van der Waals surface area contributed by atoms with Crippen molar-refractivity contribution in [2.24, 2.45) is 5.92 Å². The Morgan fingerprint density at radius 1 is 0.963 bits per heavy atom. The number of benzene rings is 1. The van der Waals surface area contributed by atoms with E-state index in [0.29, 0.717) is 0 Å². The number of fused-ring (bicyclic) bond motifs is 1. The van der Waals surface area contributed by atoms with Crippen LogP contribution >= 0.6 is 0 Å². The first-order chi connectivity index (χ1) is 13.2. The van der Waals surface area contributed by atoms with Crippen LogP contribution in [0.25, 0.3) is 0 Å². The van der Waals surface area contributed by atoms with Crippen molar-refractivity contribution >= 4 is 0 Å². The number of hydrogen-bond donors (Lipinski definition) is 0. The van der Waals surface area contributed by atoms with E-state index < -0.39 is 0 Å². The Kier molecular flexibility index (Phi) is 8.47. The summed E-state index contributed by atoms with van der Waals surface area (Å²) >= 11 is 0. The summed E-state index contributed by atoms with van der Waals surface area (Å²) < 4.78 is 6.09. The third-order valence-electron chi connectivity index (χ3n) is 6.26. The molecule has 0 aliphatic carbocycles. The van der Waals surface area contributed by atoms with Crippen molar-refractivity contribution in [2.45, 2.75) is 65.2 Å². The third-order valence-corrected chi connectivity index (χ3v) is 6.26. The highest BCUT2D eigenvalue weighted by atomic mass is 16.5. The second-order valence-electron chi connectivity index (χ2n) is 8.73. The molecule has 3 rings (SSSR count). The molecule has 1 aromatic carbocycles. The highest BCUT2D eigenvalue weighted by Crippen LogP contribution is 2.23. The van der Waals surface area contributed by atoms with Gasteiger partial charge in [0.25, 0.3) is 0 Å². The summed E-state index contributed by atoms with van der Waals surface area (Å²) in [5, 5.41) is 0. The highest BCUT2D eigenvalue weighted by Gasteiger charge is 2.16. The van der Waals surface area contributed by atoms with Crippen molar-refractivity contribution in [3.8, 4) is 5.75 Å². The van der Waals surface area contributed by atoms with Gasteiger partial charge in [-0.1, -0.05) is 32.8 Å². The second kappa shape index (κ2) is 11.1. The Morgan fingerprint density at radius 2 is 1.74 bits per heavy atom. The third kappa shape index (κ3) is 6.80. The maximum absolute atomic E-state index is 6.09. The van der Waals surface area contributed by atoms with Gasteiger partial charge in [0, 0.05) is 26.2 Å². The Hall–Kier alpha value is -1.06. The smallest absolute Gasteiger partial charge is 0.119 e. The molecule has 2 aliphatic rings. The molecule has 1 unspecified atom stereocenters. The van der Waals surface area contributed by atoms with E-state index in [1.54, 1.807) is 0 Å². The molecule has 27 heavy (non-hydrogen) atoms. The molecule has 0 N–H and O–H groups in total. The number of ether oxygens (including phenoxy) is 1. The van der Waals surface area contributed by atoms with Crippen LogP contribution in [0, 0.1) is 5.92 Å². The number of hydrogen-bond acceptors (Lipinski definition) is 3. The monoisotopic (exact) mass is 372 g/mol. The predicted molar refractivity (Wildman–Crippen MR) is 115 cm³/mol. The fraction of sp³-hybridized carbons (Fsp3) is 0.750. The van der Waals surface area contributed by atoms with Crippen LogP contribution in [0.15, 0.2) is 18.2 Å². The van der Waals surface area contributed by atoms with Gasteiger partial charge in [-0.2, -0.15) is 0 Å². The first kappa shape index (κ1) is 20.7. The van der Waals surface area contributed by atoms with Crippen molar-refractivity contribution in [1.82, 2.24) is 9.80 Å². The van der Waals surface area contributed by atoms with Gasteiger partial charge < -0.3 is 14.5 Å². The van der Waals surface area contributed by atoms with Crippen molar-refractivity contribution in [3.05, 3.63) is 29.3 Å². The molecule has 0 bridgehead atoms. The fourth-order valence-corrected chi connectivity index (χ4v) is 4.71. The Bertz CT molecular complexity index is 553. The minimum Gasteiger partial charge on any atom is -0.494 e. The molecule has 1 saturated heterocycles. The predicted octanol–water partition coefficient (Wildman–Crippen LogP) is 4.78. The summed E-state index contributed by atoms with van der Waals surface area (Å²) in [7, 11) is 0. The lowest BCUT2D eigenvalue weighted by molar-refractivity contribution is 0.205. The lowest BCUT2D eigenvalue weighted by Gasteiger charge is -2.26. The van der Waals surface area contributed by atoms with Crippen molar-refractivity contribution in [3.63, 3.8) is 0 Å². The summed E-state index contributed by atoms with van der Waals surface area (Å²) in [5.41, 5.74) is 3.04. The number of piperidine rings is 1. The summed E-state index contributed by atoms with van der Waals surface area (Å²) in [6.07, 6.45) is 10.3. The first-order valence-electron chi connectivity index (χ1n) is 11.4. The standard InChI is InChI=1S/C24H40N2O/c1-3-8-21(2)20-26-16-11-22-9-10-24(19-23(22)12-17-26)27-18-7-15-25-13-5-4-6-14-25/h9-10,19,21H,3-8,11-18,20H2,1-2H3. The number of likely N-dealkylation sites (tertiary alicyclic amines) is 1. The van der Waals surface area contributed by atoms with Gasteiger partial charge in [-0.05, 0) is 80.8 Å². The SMILES string of the molecule is CCCC(C)CN1CCc2ccc(OCCCN3CCCCC3)cc2CC1. The average molecular weight is 373 g/mol. The van der Waals surface area contributed by atoms with Gasteiger partial charge >= 0.3 is 0 Å². The molecule has 1 aromatic rings. The molecule has 3 nitrogen and oxygen atoms in total. The zero-order valence-electron chi connectivity index (χ0n) is 17.7. The molecular weight excluding hydrogens is 332 g/mol. The molecule has 0 spiro atoms. The van der Waals surface area contributed by atoms with E-state index in [1.165, 1.54) is 95.3 Å². The molecule has 3 heteroatoms. The summed E-state index contributed by atoms with van der Waals surface area (Å²) in [6.45, 7) is 12.9. The number of nitrogens with zero attached hydrogens (tertiary/aromatic N) is 2. The van der Waals surface area contributed by atoms with Gasteiger partial charge in [-0.15, -0.1) is 0 Å². The van der Waals surface area contributed by atoms with Gasteiger partial charge in [0.1, 0.15) is 5.75 Å². The largest absolute Gasteiger partial charge is 0.494 e. The van der Waals surface area contributed by atoms with Crippen LogP contribution in [0.3, 0.4) is 0 Å². The van der Waals surface area contributed by atoms with Crippen LogP contribution in [-0.4, -0.2) is 55.7 Å². The minimum atomic E-state index is 0.815. The molecule has 0 aromatic heterocycles. The zero-order chi connectivity index (χ0) is 18.9. The van der Waals surface area contributed by atoms with E-state index in [9.17, 15) is 0 Å². The van der Waals surface area contributed by atoms with E-state index in [0.717, 1.165) is 24.7 Å². The molecule has 0 radical (unpaired) electrons. The molecular formula is C24H40N2O. The van der Waals surface area contributed by atoms with Crippen LogP contribution < -0.4 is 4.74 Å². The minimum absolute atomic E-state index is 0.815. The van der Waals surface area contributed by atoms with Gasteiger partial charge in [0.05, 0.1) is 6.61 Å². The molecule has 1 atom stereocenters. The highest BCUT2D eigenvalue weighted by molar-refractivity contribution is 5.36. The first-order valence-corrected chi connectivity index (χ1v) is 11.4. The van der Waals surface area contributed by atoms with E-state index in [-0.39, 0.29) is 0 Å². The Morgan fingerprint density at radius 3 is 2.52 bits per heavy atom. The van der Waals surface area contributed by atoms with Gasteiger partial charge in [-0.3, -0.25) is 0 Å². The van der Waals surface area contributed by atoms with Gasteiger partial charge in [-0.25, -0.2) is 0 Å². The van der Waals surface area contributed by atoms with Crippen molar-refractivity contribution in [2.75, 3.05) is 45.9 Å². The lowest BCUT2D eigenvalue weighted by Crippen LogP contribution is -2.31. The molecule has 1 fully saturated rings. The Labute approximate surface area is 167 Å². The van der Waals surface area contributed by atoms with E-state index >= 15 is 0 Å². The lowest BCUT2D eigenvalue weighted by atomic mass is 10.0. The van der Waals surface area contributed by atoms with Crippen molar-refractivity contribution < 1.29 is 4.74 Å².